The van der Waals surface area contributed by atoms with Crippen LogP contribution in [-0.2, 0) is 15.8 Å². The summed E-state index contributed by atoms with van der Waals surface area (Å²) in [6.45, 7) is 1.13. The van der Waals surface area contributed by atoms with Crippen LogP contribution in [0.3, 0.4) is 0 Å². The lowest BCUT2D eigenvalue weighted by Crippen LogP contribution is -2.30. The zero-order valence-corrected chi connectivity index (χ0v) is 13.4. The van der Waals surface area contributed by atoms with Crippen molar-refractivity contribution in [2.24, 2.45) is 11.7 Å². The number of hydrogen-bond donors (Lipinski definition) is 2. The molecule has 1 heterocycles. The van der Waals surface area contributed by atoms with Crippen LogP contribution in [-0.4, -0.2) is 42.5 Å². The largest absolute Gasteiger partial charge is 0.396 e. The molecule has 0 amide bonds. The predicted octanol–water partition coefficient (Wildman–Crippen LogP) is 0.855. The first-order chi connectivity index (χ1) is 9.92. The van der Waals surface area contributed by atoms with E-state index in [1.807, 2.05) is 0 Å². The summed E-state index contributed by atoms with van der Waals surface area (Å²) in [7, 11) is -3.34. The molecule has 0 aromatic heterocycles. The van der Waals surface area contributed by atoms with Crippen molar-refractivity contribution in [3.8, 4) is 0 Å². The predicted molar refractivity (Wildman–Crippen MR) is 86.3 cm³/mol. The molecule has 21 heavy (non-hydrogen) atoms. The molecule has 1 aliphatic heterocycles. The van der Waals surface area contributed by atoms with Gasteiger partial charge in [0.1, 0.15) is 4.99 Å². The van der Waals surface area contributed by atoms with Gasteiger partial charge in [-0.2, -0.15) is 0 Å². The molecule has 0 saturated carbocycles. The zero-order valence-electron chi connectivity index (χ0n) is 11.7. The molecule has 1 saturated heterocycles. The molecule has 1 aromatic rings. The first-order valence-electron chi connectivity index (χ1n) is 6.90. The van der Waals surface area contributed by atoms with E-state index in [1.165, 1.54) is 4.31 Å². The molecule has 2 rings (SSSR count). The molecule has 0 radical (unpaired) electrons. The van der Waals surface area contributed by atoms with E-state index in [9.17, 15) is 8.42 Å². The Hall–Kier alpha value is -1.02. The van der Waals surface area contributed by atoms with E-state index in [0.717, 1.165) is 6.42 Å². The second-order valence-electron chi connectivity index (χ2n) is 5.35. The van der Waals surface area contributed by atoms with E-state index >= 15 is 0 Å². The van der Waals surface area contributed by atoms with Gasteiger partial charge >= 0.3 is 0 Å². The van der Waals surface area contributed by atoms with Crippen LogP contribution in [0.2, 0.25) is 0 Å². The van der Waals surface area contributed by atoms with E-state index < -0.39 is 10.0 Å². The highest BCUT2D eigenvalue weighted by Gasteiger charge is 2.31. The molecular formula is C14H20N2O3S2. The van der Waals surface area contributed by atoms with Gasteiger partial charge < -0.3 is 10.8 Å². The van der Waals surface area contributed by atoms with Crippen LogP contribution in [0.5, 0.6) is 0 Å². The van der Waals surface area contributed by atoms with Gasteiger partial charge in [-0.15, -0.1) is 0 Å². The van der Waals surface area contributed by atoms with Crippen molar-refractivity contribution in [3.05, 3.63) is 35.4 Å². The Labute approximate surface area is 130 Å². The van der Waals surface area contributed by atoms with Crippen LogP contribution >= 0.6 is 12.2 Å². The minimum atomic E-state index is -3.34. The molecular weight excluding hydrogens is 308 g/mol. The van der Waals surface area contributed by atoms with Crippen molar-refractivity contribution in [2.75, 3.05) is 19.7 Å². The average molecular weight is 328 g/mol. The summed E-state index contributed by atoms with van der Waals surface area (Å²) in [5.41, 5.74) is 6.93. The van der Waals surface area contributed by atoms with Crippen molar-refractivity contribution in [1.82, 2.24) is 4.31 Å². The molecule has 0 spiro atoms. The Bertz CT molecular complexity index is 616. The van der Waals surface area contributed by atoms with Crippen molar-refractivity contribution in [3.63, 3.8) is 0 Å². The van der Waals surface area contributed by atoms with Gasteiger partial charge in [-0.25, -0.2) is 12.7 Å². The molecule has 1 unspecified atom stereocenters. The summed E-state index contributed by atoms with van der Waals surface area (Å²) >= 11 is 4.91. The highest BCUT2D eigenvalue weighted by atomic mass is 32.2. The van der Waals surface area contributed by atoms with Gasteiger partial charge in [0, 0.05) is 25.3 Å². The molecule has 0 aliphatic carbocycles. The number of nitrogens with two attached hydrogens (primary N) is 1. The van der Waals surface area contributed by atoms with Crippen LogP contribution in [0.1, 0.15) is 24.0 Å². The van der Waals surface area contributed by atoms with E-state index in [-0.39, 0.29) is 23.3 Å². The summed E-state index contributed by atoms with van der Waals surface area (Å²) in [5, 5.41) is 8.94. The van der Waals surface area contributed by atoms with Gasteiger partial charge in [0.2, 0.25) is 10.0 Å². The number of aliphatic hydroxyl groups is 1. The van der Waals surface area contributed by atoms with Crippen LogP contribution < -0.4 is 5.73 Å². The summed E-state index contributed by atoms with van der Waals surface area (Å²) in [6.07, 6.45) is 1.47. The number of aliphatic hydroxyl groups excluding tert-OH is 1. The standard InChI is InChI=1S/C14H20N2O3S2/c15-14(20)13-3-1-2-12(8-13)10-21(18,19)16-6-4-11(9-16)5-7-17/h1-3,8,11,17H,4-7,9-10H2,(H2,15,20). The van der Waals surface area contributed by atoms with Crippen molar-refractivity contribution in [2.45, 2.75) is 18.6 Å². The number of hydrogen-bond acceptors (Lipinski definition) is 4. The number of thiocarbonyl (C=S) groups is 1. The maximum atomic E-state index is 12.4. The molecule has 1 fully saturated rings. The highest BCUT2D eigenvalue weighted by molar-refractivity contribution is 7.88. The molecule has 1 aliphatic rings. The lowest BCUT2D eigenvalue weighted by atomic mass is 10.1. The van der Waals surface area contributed by atoms with Crippen LogP contribution in [0.25, 0.3) is 0 Å². The van der Waals surface area contributed by atoms with Gasteiger partial charge in [0.05, 0.1) is 5.75 Å². The minimum absolute atomic E-state index is 0.0463. The summed E-state index contributed by atoms with van der Waals surface area (Å²) in [4.78, 5) is 0.262. The molecule has 7 heteroatoms. The lowest BCUT2D eigenvalue weighted by molar-refractivity contribution is 0.259. The third-order valence-electron chi connectivity index (χ3n) is 3.74. The zero-order chi connectivity index (χ0) is 15.5. The Kier molecular flexibility index (Phi) is 5.32. The molecule has 116 valence electrons. The number of benzene rings is 1. The third-order valence-corrected chi connectivity index (χ3v) is 5.79. The van der Waals surface area contributed by atoms with E-state index in [2.05, 4.69) is 0 Å². The second-order valence-corrected chi connectivity index (χ2v) is 7.75. The second kappa shape index (κ2) is 6.83. The fraction of sp³-hybridized carbons (Fsp3) is 0.500. The van der Waals surface area contributed by atoms with Crippen molar-refractivity contribution >= 4 is 27.2 Å². The van der Waals surface area contributed by atoms with Crippen molar-refractivity contribution in [1.29, 1.82) is 0 Å². The minimum Gasteiger partial charge on any atom is -0.396 e. The number of nitrogens with zero attached hydrogens (tertiary/aromatic N) is 1. The quantitative estimate of drug-likeness (QED) is 0.757. The normalized spacial score (nSPS) is 19.8. The van der Waals surface area contributed by atoms with Gasteiger partial charge in [-0.3, -0.25) is 0 Å². The third kappa shape index (κ3) is 4.23. The first kappa shape index (κ1) is 16.4. The average Bonchev–Trinajstić information content (AvgIpc) is 2.88. The highest BCUT2D eigenvalue weighted by Crippen LogP contribution is 2.24. The molecule has 0 bridgehead atoms. The van der Waals surface area contributed by atoms with Gasteiger partial charge in [0.15, 0.2) is 0 Å². The smallest absolute Gasteiger partial charge is 0.218 e. The summed E-state index contributed by atoms with van der Waals surface area (Å²) < 4.78 is 26.4. The Balaban J connectivity index is 2.08. The SMILES string of the molecule is NC(=S)c1cccc(CS(=O)(=O)N2CCC(CCO)C2)c1. The Morgan fingerprint density at radius 2 is 2.24 bits per heavy atom. The van der Waals surface area contributed by atoms with E-state index in [0.29, 0.717) is 30.6 Å². The Morgan fingerprint density at radius 3 is 2.90 bits per heavy atom. The summed E-state index contributed by atoms with van der Waals surface area (Å²) in [6, 6.07) is 7.02. The molecule has 3 N–H and O–H groups in total. The summed E-state index contributed by atoms with van der Waals surface area (Å²) in [5.74, 6) is 0.211. The van der Waals surface area contributed by atoms with Gasteiger partial charge in [-0.05, 0) is 30.4 Å². The molecule has 5 nitrogen and oxygen atoms in total. The van der Waals surface area contributed by atoms with E-state index in [4.69, 9.17) is 23.1 Å². The lowest BCUT2D eigenvalue weighted by Gasteiger charge is -2.16. The topological polar surface area (TPSA) is 83.6 Å². The fourth-order valence-electron chi connectivity index (χ4n) is 2.58. The maximum absolute atomic E-state index is 12.4. The number of sulfonamides is 1. The monoisotopic (exact) mass is 328 g/mol. The Morgan fingerprint density at radius 1 is 1.48 bits per heavy atom. The van der Waals surface area contributed by atoms with Crippen molar-refractivity contribution < 1.29 is 13.5 Å². The van der Waals surface area contributed by atoms with Crippen LogP contribution in [0.15, 0.2) is 24.3 Å². The number of rotatable bonds is 6. The fourth-order valence-corrected chi connectivity index (χ4v) is 4.32. The maximum Gasteiger partial charge on any atom is 0.218 e. The first-order valence-corrected chi connectivity index (χ1v) is 8.91. The molecule has 1 atom stereocenters. The van der Waals surface area contributed by atoms with Crippen LogP contribution in [0, 0.1) is 5.92 Å². The molecule has 1 aromatic carbocycles. The van der Waals surface area contributed by atoms with Gasteiger partial charge in [0.25, 0.3) is 0 Å². The van der Waals surface area contributed by atoms with Crippen LogP contribution in [0.4, 0.5) is 0 Å². The van der Waals surface area contributed by atoms with Gasteiger partial charge in [-0.1, -0.05) is 30.4 Å². The van der Waals surface area contributed by atoms with E-state index in [1.54, 1.807) is 24.3 Å².